The summed E-state index contributed by atoms with van der Waals surface area (Å²) in [5, 5.41) is 12.5. The maximum absolute atomic E-state index is 14.4. The Morgan fingerprint density at radius 3 is 2.91 bits per heavy atom. The summed E-state index contributed by atoms with van der Waals surface area (Å²) >= 11 is 5.76. The number of benzene rings is 1. The Bertz CT molecular complexity index is 748. The van der Waals surface area contributed by atoms with Crippen LogP contribution in [0.2, 0.25) is 5.02 Å². The average molecular weight is 324 g/mol. The molecule has 1 aliphatic heterocycles. The number of nitriles is 1. The molecule has 1 unspecified atom stereocenters. The largest absolute Gasteiger partial charge is 0.356 e. The second-order valence-corrected chi connectivity index (χ2v) is 5.38. The van der Waals surface area contributed by atoms with Crippen LogP contribution in [-0.2, 0) is 4.74 Å². The summed E-state index contributed by atoms with van der Waals surface area (Å²) < 4.78 is 35.5. The van der Waals surface area contributed by atoms with Crippen LogP contribution in [0.5, 0.6) is 0 Å². The summed E-state index contributed by atoms with van der Waals surface area (Å²) in [6.07, 6.45) is 3.89. The molecule has 0 bridgehead atoms. The highest BCUT2D eigenvalue weighted by atomic mass is 35.5. The van der Waals surface area contributed by atoms with E-state index in [9.17, 15) is 8.78 Å². The zero-order chi connectivity index (χ0) is 15.7. The summed E-state index contributed by atoms with van der Waals surface area (Å²) in [4.78, 5) is 0. The Labute approximate surface area is 130 Å². The maximum atomic E-state index is 14.4. The van der Waals surface area contributed by atoms with Crippen LogP contribution >= 0.6 is 11.6 Å². The minimum Gasteiger partial charge on any atom is -0.356 e. The van der Waals surface area contributed by atoms with Gasteiger partial charge in [-0.15, -0.1) is 0 Å². The van der Waals surface area contributed by atoms with Gasteiger partial charge < -0.3 is 4.74 Å². The molecule has 1 saturated heterocycles. The van der Waals surface area contributed by atoms with Gasteiger partial charge >= 0.3 is 0 Å². The van der Waals surface area contributed by atoms with Crippen LogP contribution in [0.1, 0.15) is 31.1 Å². The van der Waals surface area contributed by atoms with E-state index in [1.807, 2.05) is 0 Å². The zero-order valence-electron chi connectivity index (χ0n) is 11.5. The van der Waals surface area contributed by atoms with Gasteiger partial charge in [-0.25, -0.2) is 13.5 Å². The van der Waals surface area contributed by atoms with Gasteiger partial charge in [0, 0.05) is 18.4 Å². The van der Waals surface area contributed by atoms with E-state index < -0.39 is 22.2 Å². The number of rotatable bonds is 2. The third-order valence-corrected chi connectivity index (χ3v) is 4.00. The highest BCUT2D eigenvalue weighted by Gasteiger charge is 2.24. The first-order valence-electron chi connectivity index (χ1n) is 6.86. The van der Waals surface area contributed by atoms with Crippen LogP contribution in [0.4, 0.5) is 8.78 Å². The predicted molar refractivity (Wildman–Crippen MR) is 76.1 cm³/mol. The minimum atomic E-state index is -0.860. The van der Waals surface area contributed by atoms with Crippen molar-refractivity contribution < 1.29 is 13.5 Å². The van der Waals surface area contributed by atoms with Gasteiger partial charge in [-0.05, 0) is 31.4 Å². The molecule has 0 spiro atoms. The molecule has 1 fully saturated rings. The second kappa shape index (κ2) is 6.03. The molecule has 0 radical (unpaired) electrons. The molecule has 1 aliphatic rings. The quantitative estimate of drug-likeness (QED) is 0.783. The van der Waals surface area contributed by atoms with E-state index in [1.54, 1.807) is 12.1 Å². The Balaban J connectivity index is 2.10. The Morgan fingerprint density at radius 1 is 1.41 bits per heavy atom. The van der Waals surface area contributed by atoms with Crippen molar-refractivity contribution in [2.24, 2.45) is 0 Å². The lowest BCUT2D eigenvalue weighted by atomic mass is 10.1. The Morgan fingerprint density at radius 2 is 2.23 bits per heavy atom. The van der Waals surface area contributed by atoms with Crippen LogP contribution in [0, 0.1) is 23.0 Å². The molecular weight excluding hydrogens is 312 g/mol. The van der Waals surface area contributed by atoms with Gasteiger partial charge in [0.25, 0.3) is 0 Å². The van der Waals surface area contributed by atoms with Crippen molar-refractivity contribution in [3.8, 4) is 17.3 Å². The fourth-order valence-corrected chi connectivity index (χ4v) is 2.79. The Hall–Kier alpha value is -1.97. The molecule has 0 saturated carbocycles. The summed E-state index contributed by atoms with van der Waals surface area (Å²) in [7, 11) is 0. The fourth-order valence-electron chi connectivity index (χ4n) is 2.56. The fraction of sp³-hybridized carbons (Fsp3) is 0.333. The average Bonchev–Trinajstić information content (AvgIpc) is 3.01. The van der Waals surface area contributed by atoms with Gasteiger partial charge in [0.2, 0.25) is 0 Å². The molecule has 4 nitrogen and oxygen atoms in total. The van der Waals surface area contributed by atoms with Crippen molar-refractivity contribution in [3.63, 3.8) is 0 Å². The van der Waals surface area contributed by atoms with Crippen molar-refractivity contribution in [2.45, 2.75) is 25.5 Å². The zero-order valence-corrected chi connectivity index (χ0v) is 12.3. The number of aromatic nitrogens is 2. The molecule has 22 heavy (non-hydrogen) atoms. The van der Waals surface area contributed by atoms with Gasteiger partial charge in [-0.1, -0.05) is 11.6 Å². The lowest BCUT2D eigenvalue weighted by Crippen LogP contribution is -2.20. The smallest absolute Gasteiger partial charge is 0.152 e. The lowest BCUT2D eigenvalue weighted by molar-refractivity contribution is -0.0383. The SMILES string of the molecule is N#Cc1c(F)cc(-c2ccnn2C2CCCCO2)c(F)c1Cl. The standard InChI is InChI=1S/C15H12ClF2N3O/c16-14-10(8-19)11(17)7-9(15(14)18)12-4-5-20-21(12)13-3-1-2-6-22-13/h4-5,7,13H,1-3,6H2. The lowest BCUT2D eigenvalue weighted by Gasteiger charge is -2.24. The number of hydrogen-bond donors (Lipinski definition) is 0. The molecule has 7 heteroatoms. The first kappa shape index (κ1) is 14.9. The molecule has 0 aliphatic carbocycles. The molecule has 0 N–H and O–H groups in total. The number of hydrogen-bond acceptors (Lipinski definition) is 3. The van der Waals surface area contributed by atoms with E-state index in [2.05, 4.69) is 5.10 Å². The van der Waals surface area contributed by atoms with Crippen LogP contribution in [-0.4, -0.2) is 16.4 Å². The van der Waals surface area contributed by atoms with Gasteiger partial charge in [0.1, 0.15) is 17.4 Å². The third-order valence-electron chi connectivity index (χ3n) is 3.65. The summed E-state index contributed by atoms with van der Waals surface area (Å²) in [5.74, 6) is -1.70. The van der Waals surface area contributed by atoms with Gasteiger partial charge in [-0.2, -0.15) is 10.4 Å². The molecule has 2 aromatic rings. The molecule has 1 aromatic carbocycles. The van der Waals surface area contributed by atoms with Gasteiger partial charge in [-0.3, -0.25) is 0 Å². The highest BCUT2D eigenvalue weighted by Crippen LogP contribution is 2.34. The Kier molecular flexibility index (Phi) is 4.10. The van der Waals surface area contributed by atoms with Crippen molar-refractivity contribution in [1.29, 1.82) is 5.26 Å². The normalized spacial score (nSPS) is 18.2. The van der Waals surface area contributed by atoms with Crippen molar-refractivity contribution in [1.82, 2.24) is 9.78 Å². The number of nitrogens with zero attached hydrogens (tertiary/aromatic N) is 3. The van der Waals surface area contributed by atoms with E-state index >= 15 is 0 Å². The second-order valence-electron chi connectivity index (χ2n) is 5.00. The monoisotopic (exact) mass is 323 g/mol. The summed E-state index contributed by atoms with van der Waals surface area (Å²) in [6.45, 7) is 0.606. The topological polar surface area (TPSA) is 50.8 Å². The van der Waals surface area contributed by atoms with Crippen LogP contribution in [0.3, 0.4) is 0 Å². The molecule has 1 aromatic heterocycles. The van der Waals surface area contributed by atoms with E-state index in [1.165, 1.54) is 10.9 Å². The molecular formula is C15H12ClF2N3O. The summed E-state index contributed by atoms with van der Waals surface area (Å²) in [5.41, 5.74) is -0.161. The third kappa shape index (κ3) is 2.47. The van der Waals surface area contributed by atoms with Gasteiger partial charge in [0.05, 0.1) is 10.7 Å². The van der Waals surface area contributed by atoms with Crippen molar-refractivity contribution in [3.05, 3.63) is 40.6 Å². The van der Waals surface area contributed by atoms with Crippen LogP contribution < -0.4 is 0 Å². The molecule has 0 amide bonds. The molecule has 1 atom stereocenters. The first-order valence-corrected chi connectivity index (χ1v) is 7.24. The first-order chi connectivity index (χ1) is 10.6. The van der Waals surface area contributed by atoms with E-state index in [4.69, 9.17) is 21.6 Å². The predicted octanol–water partition coefficient (Wildman–Crippen LogP) is 4.05. The van der Waals surface area contributed by atoms with Crippen molar-refractivity contribution >= 4 is 11.6 Å². The van der Waals surface area contributed by atoms with Crippen LogP contribution in [0.15, 0.2) is 18.3 Å². The molecule has 2 heterocycles. The summed E-state index contributed by atoms with van der Waals surface area (Å²) in [6, 6.07) is 4.10. The van der Waals surface area contributed by atoms with E-state index in [-0.39, 0.29) is 11.8 Å². The molecule has 3 rings (SSSR count). The molecule has 114 valence electrons. The minimum absolute atomic E-state index is 0.0341. The maximum Gasteiger partial charge on any atom is 0.152 e. The highest BCUT2D eigenvalue weighted by molar-refractivity contribution is 6.32. The number of halogens is 3. The van der Waals surface area contributed by atoms with Gasteiger partial charge in [0.15, 0.2) is 12.0 Å². The van der Waals surface area contributed by atoms with E-state index in [0.717, 1.165) is 25.3 Å². The van der Waals surface area contributed by atoms with Crippen molar-refractivity contribution in [2.75, 3.05) is 6.61 Å². The number of ether oxygens (including phenoxy) is 1. The van der Waals surface area contributed by atoms with E-state index in [0.29, 0.717) is 12.3 Å². The van der Waals surface area contributed by atoms with Crippen LogP contribution in [0.25, 0.3) is 11.3 Å².